The molecular weight excluding hydrogens is 363 g/mol. The van der Waals surface area contributed by atoms with Crippen molar-refractivity contribution in [2.24, 2.45) is 0 Å². The second kappa shape index (κ2) is 7.78. The van der Waals surface area contributed by atoms with Gasteiger partial charge in [-0.3, -0.25) is 0 Å². The standard InChI is InChI=1S/C21H15F5O/c22-17-9-5-10-18(23)16(17)13-27-19-11-4-8-15(20(19)21(24,25)26)12-14-6-2-1-3-7-14/h1-11H,12-13H2. The lowest BCUT2D eigenvalue weighted by molar-refractivity contribution is -0.139. The normalized spacial score (nSPS) is 11.4. The first-order chi connectivity index (χ1) is 12.9. The zero-order valence-electron chi connectivity index (χ0n) is 14.1. The Bertz CT molecular complexity index is 899. The number of rotatable bonds is 5. The molecule has 0 heterocycles. The lowest BCUT2D eigenvalue weighted by atomic mass is 9.98. The van der Waals surface area contributed by atoms with Crippen molar-refractivity contribution in [3.8, 4) is 5.75 Å². The Labute approximate surface area is 153 Å². The molecule has 140 valence electrons. The van der Waals surface area contributed by atoms with E-state index in [1.165, 1.54) is 18.2 Å². The van der Waals surface area contributed by atoms with Gasteiger partial charge in [0.15, 0.2) is 0 Å². The molecule has 0 unspecified atom stereocenters. The molecule has 3 aromatic carbocycles. The van der Waals surface area contributed by atoms with Crippen LogP contribution in [-0.4, -0.2) is 0 Å². The smallest absolute Gasteiger partial charge is 0.420 e. The van der Waals surface area contributed by atoms with Crippen LogP contribution in [0.25, 0.3) is 0 Å². The van der Waals surface area contributed by atoms with E-state index in [1.54, 1.807) is 30.3 Å². The average Bonchev–Trinajstić information content (AvgIpc) is 2.61. The Kier molecular flexibility index (Phi) is 5.44. The molecule has 0 saturated heterocycles. The maximum atomic E-state index is 13.7. The van der Waals surface area contributed by atoms with E-state index in [9.17, 15) is 22.0 Å². The van der Waals surface area contributed by atoms with Crippen molar-refractivity contribution < 1.29 is 26.7 Å². The van der Waals surface area contributed by atoms with Gasteiger partial charge in [-0.1, -0.05) is 48.5 Å². The summed E-state index contributed by atoms with van der Waals surface area (Å²) >= 11 is 0. The van der Waals surface area contributed by atoms with Crippen molar-refractivity contribution in [1.29, 1.82) is 0 Å². The minimum atomic E-state index is -4.67. The van der Waals surface area contributed by atoms with Gasteiger partial charge in [0.1, 0.15) is 29.6 Å². The Balaban J connectivity index is 1.94. The monoisotopic (exact) mass is 378 g/mol. The molecular formula is C21H15F5O. The van der Waals surface area contributed by atoms with Crippen LogP contribution in [0.15, 0.2) is 66.7 Å². The van der Waals surface area contributed by atoms with Crippen LogP contribution in [-0.2, 0) is 19.2 Å². The number of halogens is 5. The fourth-order valence-corrected chi connectivity index (χ4v) is 2.80. The molecule has 0 N–H and O–H groups in total. The summed E-state index contributed by atoms with van der Waals surface area (Å²) in [5.74, 6) is -2.20. The summed E-state index contributed by atoms with van der Waals surface area (Å²) in [6, 6.07) is 15.9. The molecule has 0 aromatic heterocycles. The van der Waals surface area contributed by atoms with Gasteiger partial charge in [0.2, 0.25) is 0 Å². The highest BCUT2D eigenvalue weighted by Gasteiger charge is 2.37. The lowest BCUT2D eigenvalue weighted by Crippen LogP contribution is -2.13. The van der Waals surface area contributed by atoms with Gasteiger partial charge in [-0.05, 0) is 35.7 Å². The van der Waals surface area contributed by atoms with Gasteiger partial charge in [0.25, 0.3) is 0 Å². The predicted molar refractivity (Wildman–Crippen MR) is 91.4 cm³/mol. The second-order valence-electron chi connectivity index (χ2n) is 5.94. The highest BCUT2D eigenvalue weighted by Crippen LogP contribution is 2.40. The van der Waals surface area contributed by atoms with E-state index in [2.05, 4.69) is 0 Å². The fourth-order valence-electron chi connectivity index (χ4n) is 2.80. The largest absolute Gasteiger partial charge is 0.488 e. The average molecular weight is 378 g/mol. The van der Waals surface area contributed by atoms with Gasteiger partial charge >= 0.3 is 6.18 Å². The molecule has 0 aliphatic carbocycles. The zero-order chi connectivity index (χ0) is 19.4. The third kappa shape index (κ3) is 4.45. The number of alkyl halides is 3. The lowest BCUT2D eigenvalue weighted by Gasteiger charge is -2.18. The second-order valence-corrected chi connectivity index (χ2v) is 5.94. The van der Waals surface area contributed by atoms with Gasteiger partial charge in [-0.25, -0.2) is 8.78 Å². The molecule has 0 atom stereocenters. The SMILES string of the molecule is Fc1cccc(F)c1COc1cccc(Cc2ccccc2)c1C(F)(F)F. The third-order valence-electron chi connectivity index (χ3n) is 4.07. The van der Waals surface area contributed by atoms with Crippen LogP contribution in [0.5, 0.6) is 5.75 Å². The zero-order valence-corrected chi connectivity index (χ0v) is 14.1. The van der Waals surface area contributed by atoms with Gasteiger partial charge in [-0.2, -0.15) is 13.2 Å². The van der Waals surface area contributed by atoms with Crippen LogP contribution in [0.4, 0.5) is 22.0 Å². The van der Waals surface area contributed by atoms with Crippen LogP contribution >= 0.6 is 0 Å². The van der Waals surface area contributed by atoms with Crippen molar-refractivity contribution in [2.45, 2.75) is 19.2 Å². The molecule has 0 saturated carbocycles. The minimum Gasteiger partial charge on any atom is -0.488 e. The van der Waals surface area contributed by atoms with Crippen LogP contribution in [0, 0.1) is 11.6 Å². The first kappa shape index (κ1) is 18.9. The third-order valence-corrected chi connectivity index (χ3v) is 4.07. The maximum absolute atomic E-state index is 13.7. The van der Waals surface area contributed by atoms with Gasteiger partial charge < -0.3 is 4.74 Å². The van der Waals surface area contributed by atoms with E-state index in [1.807, 2.05) is 0 Å². The summed E-state index contributed by atoms with van der Waals surface area (Å²) in [6.45, 7) is -0.642. The molecule has 0 aliphatic heterocycles. The number of ether oxygens (including phenoxy) is 1. The summed E-state index contributed by atoms with van der Waals surface area (Å²) in [5.41, 5.74) is -0.620. The topological polar surface area (TPSA) is 9.23 Å². The number of hydrogen-bond donors (Lipinski definition) is 0. The molecule has 27 heavy (non-hydrogen) atoms. The van der Waals surface area contributed by atoms with Gasteiger partial charge in [0, 0.05) is 0 Å². The van der Waals surface area contributed by atoms with E-state index >= 15 is 0 Å². The van der Waals surface area contributed by atoms with Gasteiger partial charge in [-0.15, -0.1) is 0 Å². The maximum Gasteiger partial charge on any atom is 0.420 e. The Morgan fingerprint density at radius 2 is 1.37 bits per heavy atom. The predicted octanol–water partition coefficient (Wildman–Crippen LogP) is 6.15. The number of hydrogen-bond acceptors (Lipinski definition) is 1. The fraction of sp³-hybridized carbons (Fsp3) is 0.143. The van der Waals surface area contributed by atoms with E-state index in [4.69, 9.17) is 4.74 Å². The molecule has 0 bridgehead atoms. The van der Waals surface area contributed by atoms with Crippen molar-refractivity contribution in [1.82, 2.24) is 0 Å². The molecule has 0 fully saturated rings. The highest BCUT2D eigenvalue weighted by molar-refractivity contribution is 5.44. The van der Waals surface area contributed by atoms with E-state index < -0.39 is 41.3 Å². The van der Waals surface area contributed by atoms with E-state index in [0.717, 1.165) is 18.2 Å². The quantitative estimate of drug-likeness (QED) is 0.484. The first-order valence-electron chi connectivity index (χ1n) is 8.15. The van der Waals surface area contributed by atoms with Crippen molar-refractivity contribution in [2.75, 3.05) is 0 Å². The molecule has 6 heteroatoms. The summed E-state index contributed by atoms with van der Waals surface area (Å²) in [4.78, 5) is 0. The summed E-state index contributed by atoms with van der Waals surface area (Å²) < 4.78 is 73.6. The molecule has 1 nitrogen and oxygen atoms in total. The van der Waals surface area contributed by atoms with E-state index in [0.29, 0.717) is 5.56 Å². The minimum absolute atomic E-state index is 0.0280. The van der Waals surface area contributed by atoms with Crippen molar-refractivity contribution in [3.63, 3.8) is 0 Å². The highest BCUT2D eigenvalue weighted by atomic mass is 19.4. The molecule has 3 aromatic rings. The van der Waals surface area contributed by atoms with Crippen LogP contribution in [0.3, 0.4) is 0 Å². The summed E-state index contributed by atoms with van der Waals surface area (Å²) in [7, 11) is 0. The Hall–Kier alpha value is -2.89. The molecule has 0 aliphatic rings. The molecule has 3 rings (SSSR count). The van der Waals surface area contributed by atoms with Crippen LogP contribution < -0.4 is 4.74 Å². The molecule has 0 spiro atoms. The Morgan fingerprint density at radius 1 is 0.741 bits per heavy atom. The van der Waals surface area contributed by atoms with E-state index in [-0.39, 0.29) is 12.0 Å². The van der Waals surface area contributed by atoms with Gasteiger partial charge in [0.05, 0.1) is 5.56 Å². The summed E-state index contributed by atoms with van der Waals surface area (Å²) in [6.07, 6.45) is -4.62. The number of benzene rings is 3. The molecule has 0 amide bonds. The Morgan fingerprint density at radius 3 is 2.00 bits per heavy atom. The van der Waals surface area contributed by atoms with Crippen molar-refractivity contribution in [3.05, 3.63) is 101 Å². The van der Waals surface area contributed by atoms with Crippen LogP contribution in [0.2, 0.25) is 0 Å². The van der Waals surface area contributed by atoms with Crippen molar-refractivity contribution >= 4 is 0 Å². The molecule has 0 radical (unpaired) electrons. The van der Waals surface area contributed by atoms with Crippen LogP contribution in [0.1, 0.15) is 22.3 Å². The summed E-state index contributed by atoms with van der Waals surface area (Å²) in [5, 5.41) is 0. The first-order valence-corrected chi connectivity index (χ1v) is 8.15.